The molecule has 1 aromatic carbocycles. The van der Waals surface area contributed by atoms with Crippen molar-refractivity contribution in [2.24, 2.45) is 0 Å². The van der Waals surface area contributed by atoms with Crippen LogP contribution in [-0.2, 0) is 0 Å². The summed E-state index contributed by atoms with van der Waals surface area (Å²) in [5, 5.41) is 0. The van der Waals surface area contributed by atoms with Gasteiger partial charge in [0.2, 0.25) is 0 Å². The molecule has 0 unspecified atom stereocenters. The van der Waals surface area contributed by atoms with Crippen molar-refractivity contribution in [3.63, 3.8) is 0 Å². The van der Waals surface area contributed by atoms with Gasteiger partial charge in [0.15, 0.2) is 11.8 Å². The molecule has 0 aliphatic heterocycles. The smallest absolute Gasteiger partial charge is 0.162 e. The van der Waals surface area contributed by atoms with Crippen molar-refractivity contribution < 1.29 is 9.53 Å². The number of ether oxygens (including phenoxy) is 1. The second-order valence-electron chi connectivity index (χ2n) is 2.34. The average molecular weight is 185 g/mol. The Hall–Kier alpha value is -1.02. The minimum absolute atomic E-state index is 0.0232. The molecule has 0 amide bonds. The molecule has 0 radical (unpaired) electrons. The third-order valence-corrected chi connectivity index (χ3v) is 1.57. The monoisotopic (exact) mass is 184 g/mol. The minimum Gasteiger partial charge on any atom is -0.478 e. The van der Waals surface area contributed by atoms with Gasteiger partial charge in [-0.05, 0) is 19.1 Å². The van der Waals surface area contributed by atoms with Gasteiger partial charge in [-0.3, -0.25) is 4.79 Å². The van der Waals surface area contributed by atoms with Crippen LogP contribution in [0.3, 0.4) is 0 Å². The van der Waals surface area contributed by atoms with Gasteiger partial charge in [0.05, 0.1) is 0 Å². The summed E-state index contributed by atoms with van der Waals surface area (Å²) >= 11 is 5.36. The van der Waals surface area contributed by atoms with Crippen molar-refractivity contribution in [3.05, 3.63) is 29.8 Å². The second-order valence-corrected chi connectivity index (χ2v) is 2.56. The second kappa shape index (κ2) is 4.12. The summed E-state index contributed by atoms with van der Waals surface area (Å²) in [6, 6.07) is 7.03. The molecule has 0 saturated heterocycles. The number of carbonyl (C=O) groups excluding carboxylic acids is 1. The van der Waals surface area contributed by atoms with E-state index in [0.717, 1.165) is 0 Å². The van der Waals surface area contributed by atoms with Crippen LogP contribution in [0.1, 0.15) is 17.3 Å². The number of benzene rings is 1. The lowest BCUT2D eigenvalue weighted by atomic mass is 10.1. The van der Waals surface area contributed by atoms with Crippen molar-refractivity contribution in [1.82, 2.24) is 0 Å². The predicted octanol–water partition coefficient (Wildman–Crippen LogP) is 2.46. The first-order valence-corrected chi connectivity index (χ1v) is 4.07. The fraction of sp³-hybridized carbons (Fsp3) is 0.222. The lowest BCUT2D eigenvalue weighted by Gasteiger charge is -2.02. The maximum Gasteiger partial charge on any atom is 0.162 e. The first kappa shape index (κ1) is 9.07. The number of halogens is 1. The zero-order valence-electron chi connectivity index (χ0n) is 6.71. The maximum atomic E-state index is 10.9. The van der Waals surface area contributed by atoms with E-state index in [1.165, 1.54) is 6.92 Å². The van der Waals surface area contributed by atoms with Crippen LogP contribution in [0.4, 0.5) is 0 Å². The Labute approximate surface area is 76.1 Å². The molecule has 3 heteroatoms. The molecule has 0 bridgehead atoms. The van der Waals surface area contributed by atoms with E-state index in [0.29, 0.717) is 11.3 Å². The van der Waals surface area contributed by atoms with Crippen molar-refractivity contribution in [1.29, 1.82) is 0 Å². The number of alkyl halides is 1. The van der Waals surface area contributed by atoms with E-state index in [9.17, 15) is 4.79 Å². The lowest BCUT2D eigenvalue weighted by molar-refractivity contribution is 0.101. The first-order valence-electron chi connectivity index (χ1n) is 3.54. The molecule has 0 atom stereocenters. The molecule has 0 fully saturated rings. The summed E-state index contributed by atoms with van der Waals surface area (Å²) in [7, 11) is 0. The molecule has 0 heterocycles. The van der Waals surface area contributed by atoms with Crippen LogP contribution >= 0.6 is 11.6 Å². The van der Waals surface area contributed by atoms with Crippen LogP contribution in [0.25, 0.3) is 0 Å². The predicted molar refractivity (Wildman–Crippen MR) is 47.8 cm³/mol. The highest BCUT2D eigenvalue weighted by atomic mass is 35.5. The first-order chi connectivity index (χ1) is 5.74. The van der Waals surface area contributed by atoms with Crippen molar-refractivity contribution in [2.75, 3.05) is 6.07 Å². The lowest BCUT2D eigenvalue weighted by Crippen LogP contribution is -1.94. The third-order valence-electron chi connectivity index (χ3n) is 1.46. The van der Waals surface area contributed by atoms with Crippen LogP contribution in [-0.4, -0.2) is 11.8 Å². The van der Waals surface area contributed by atoms with Crippen LogP contribution in [0.2, 0.25) is 0 Å². The van der Waals surface area contributed by atoms with Crippen LogP contribution in [0, 0.1) is 0 Å². The SMILES string of the molecule is CC(=O)c1cccc(OCCl)c1. The van der Waals surface area contributed by atoms with Gasteiger partial charge in [-0.1, -0.05) is 23.7 Å². The van der Waals surface area contributed by atoms with E-state index >= 15 is 0 Å². The summed E-state index contributed by atoms with van der Waals surface area (Å²) in [6.45, 7) is 1.51. The van der Waals surface area contributed by atoms with Gasteiger partial charge in [0.25, 0.3) is 0 Å². The Morgan fingerprint density at radius 2 is 2.33 bits per heavy atom. The number of ketones is 1. The van der Waals surface area contributed by atoms with Gasteiger partial charge < -0.3 is 4.74 Å². The Balaban J connectivity index is 2.88. The van der Waals surface area contributed by atoms with E-state index in [2.05, 4.69) is 0 Å². The van der Waals surface area contributed by atoms with Gasteiger partial charge in [-0.15, -0.1) is 0 Å². The zero-order chi connectivity index (χ0) is 8.97. The molecule has 0 aliphatic carbocycles. The number of hydrogen-bond acceptors (Lipinski definition) is 2. The Bertz CT molecular complexity index is 284. The molecule has 0 N–H and O–H groups in total. The largest absolute Gasteiger partial charge is 0.478 e. The summed E-state index contributed by atoms with van der Waals surface area (Å²) in [6.07, 6.45) is 0. The summed E-state index contributed by atoms with van der Waals surface area (Å²) < 4.78 is 5.01. The summed E-state index contributed by atoms with van der Waals surface area (Å²) in [4.78, 5) is 10.9. The van der Waals surface area contributed by atoms with Crippen molar-refractivity contribution in [3.8, 4) is 5.75 Å². The summed E-state index contributed by atoms with van der Waals surface area (Å²) in [5.74, 6) is 0.646. The molecule has 64 valence electrons. The minimum atomic E-state index is 0.0232. The topological polar surface area (TPSA) is 26.3 Å². The highest BCUT2D eigenvalue weighted by molar-refractivity contribution is 6.17. The maximum absolute atomic E-state index is 10.9. The van der Waals surface area contributed by atoms with E-state index in [1.807, 2.05) is 0 Å². The molecule has 1 rings (SSSR count). The van der Waals surface area contributed by atoms with E-state index in [4.69, 9.17) is 16.3 Å². The molecular weight excluding hydrogens is 176 g/mol. The zero-order valence-corrected chi connectivity index (χ0v) is 7.47. The number of carbonyl (C=O) groups is 1. The van der Waals surface area contributed by atoms with Crippen molar-refractivity contribution >= 4 is 17.4 Å². The summed E-state index contributed by atoms with van der Waals surface area (Å²) in [5.41, 5.74) is 0.637. The molecule has 0 aromatic heterocycles. The van der Waals surface area contributed by atoms with Crippen molar-refractivity contribution in [2.45, 2.75) is 6.92 Å². The number of rotatable bonds is 3. The van der Waals surface area contributed by atoms with Gasteiger partial charge in [-0.2, -0.15) is 0 Å². The molecule has 2 nitrogen and oxygen atoms in total. The van der Waals surface area contributed by atoms with Gasteiger partial charge in [-0.25, -0.2) is 0 Å². The quantitative estimate of drug-likeness (QED) is 0.533. The standard InChI is InChI=1S/C9H9ClO2/c1-7(11)8-3-2-4-9(5-8)12-6-10/h2-5H,6H2,1H3. The Kier molecular flexibility index (Phi) is 3.11. The highest BCUT2D eigenvalue weighted by Crippen LogP contribution is 2.13. The van der Waals surface area contributed by atoms with Gasteiger partial charge in [0.1, 0.15) is 5.75 Å². The molecule has 12 heavy (non-hydrogen) atoms. The van der Waals surface area contributed by atoms with E-state index < -0.39 is 0 Å². The van der Waals surface area contributed by atoms with Gasteiger partial charge >= 0.3 is 0 Å². The number of hydrogen-bond donors (Lipinski definition) is 0. The third kappa shape index (κ3) is 2.24. The van der Waals surface area contributed by atoms with Gasteiger partial charge in [0, 0.05) is 5.56 Å². The Morgan fingerprint density at radius 3 is 2.92 bits per heavy atom. The molecule has 0 saturated carbocycles. The molecular formula is C9H9ClO2. The fourth-order valence-electron chi connectivity index (χ4n) is 0.868. The van der Waals surface area contributed by atoms with E-state index in [1.54, 1.807) is 24.3 Å². The van der Waals surface area contributed by atoms with E-state index in [-0.39, 0.29) is 11.8 Å². The molecule has 0 spiro atoms. The average Bonchev–Trinajstić information content (AvgIpc) is 2.05. The van der Waals surface area contributed by atoms with Crippen LogP contribution in [0.15, 0.2) is 24.3 Å². The molecule has 1 aromatic rings. The fourth-order valence-corrected chi connectivity index (χ4v) is 0.994. The van der Waals surface area contributed by atoms with Crippen LogP contribution in [0.5, 0.6) is 5.75 Å². The Morgan fingerprint density at radius 1 is 1.58 bits per heavy atom. The normalized spacial score (nSPS) is 9.50. The highest BCUT2D eigenvalue weighted by Gasteiger charge is 1.99. The number of Topliss-reactive ketones (excluding diaryl/α,β-unsaturated/α-hetero) is 1. The van der Waals surface area contributed by atoms with Crippen LogP contribution < -0.4 is 4.74 Å². The molecule has 0 aliphatic rings.